The van der Waals surface area contributed by atoms with Crippen molar-refractivity contribution < 1.29 is 14.3 Å². The summed E-state index contributed by atoms with van der Waals surface area (Å²) in [5, 5.41) is 0. The highest BCUT2D eigenvalue weighted by molar-refractivity contribution is 5.97. The number of fused-ring (bicyclic) bond motifs is 1. The SMILES string of the molecule is COC(=O)c1nc(CCN)n2cccc(OC)c12. The molecule has 0 aliphatic heterocycles. The molecule has 2 rings (SSSR count). The van der Waals surface area contributed by atoms with E-state index in [1.807, 2.05) is 12.3 Å². The van der Waals surface area contributed by atoms with Gasteiger partial charge in [0.05, 0.1) is 14.2 Å². The number of hydrogen-bond donors (Lipinski definition) is 1. The van der Waals surface area contributed by atoms with Gasteiger partial charge < -0.3 is 15.2 Å². The summed E-state index contributed by atoms with van der Waals surface area (Å²) in [7, 11) is 2.87. The second-order valence-corrected chi connectivity index (χ2v) is 3.70. The van der Waals surface area contributed by atoms with Gasteiger partial charge in [0, 0.05) is 12.6 Å². The lowest BCUT2D eigenvalue weighted by molar-refractivity contribution is 0.0596. The zero-order chi connectivity index (χ0) is 13.1. The average molecular weight is 249 g/mol. The third kappa shape index (κ3) is 1.91. The van der Waals surface area contributed by atoms with Gasteiger partial charge in [0.15, 0.2) is 5.69 Å². The van der Waals surface area contributed by atoms with Crippen molar-refractivity contribution in [2.45, 2.75) is 6.42 Å². The Hall–Kier alpha value is -2.08. The molecule has 6 nitrogen and oxygen atoms in total. The number of carbonyl (C=O) groups excluding carboxylic acids is 1. The normalized spacial score (nSPS) is 10.6. The Bertz CT molecular complexity index is 577. The summed E-state index contributed by atoms with van der Waals surface area (Å²) in [4.78, 5) is 16.0. The number of esters is 1. The number of ether oxygens (including phenoxy) is 2. The quantitative estimate of drug-likeness (QED) is 0.804. The second kappa shape index (κ2) is 5.05. The van der Waals surface area contributed by atoms with Gasteiger partial charge in [0.2, 0.25) is 0 Å². The smallest absolute Gasteiger partial charge is 0.359 e. The molecule has 0 amide bonds. The van der Waals surface area contributed by atoms with Gasteiger partial charge in [-0.25, -0.2) is 9.78 Å². The molecule has 0 saturated carbocycles. The molecule has 18 heavy (non-hydrogen) atoms. The van der Waals surface area contributed by atoms with Crippen molar-refractivity contribution >= 4 is 11.5 Å². The van der Waals surface area contributed by atoms with E-state index in [4.69, 9.17) is 15.2 Å². The van der Waals surface area contributed by atoms with Gasteiger partial charge in [-0.15, -0.1) is 0 Å². The van der Waals surface area contributed by atoms with E-state index in [1.165, 1.54) is 7.11 Å². The van der Waals surface area contributed by atoms with Crippen molar-refractivity contribution in [3.8, 4) is 5.75 Å². The van der Waals surface area contributed by atoms with E-state index in [0.29, 0.717) is 30.1 Å². The first-order chi connectivity index (χ1) is 8.72. The largest absolute Gasteiger partial charge is 0.494 e. The summed E-state index contributed by atoms with van der Waals surface area (Å²) in [5.41, 5.74) is 6.39. The van der Waals surface area contributed by atoms with E-state index in [2.05, 4.69) is 4.98 Å². The van der Waals surface area contributed by atoms with Gasteiger partial charge in [-0.3, -0.25) is 4.40 Å². The van der Waals surface area contributed by atoms with Crippen LogP contribution in [0.2, 0.25) is 0 Å². The highest BCUT2D eigenvalue weighted by Crippen LogP contribution is 2.25. The molecule has 0 aliphatic carbocycles. The lowest BCUT2D eigenvalue weighted by Crippen LogP contribution is -2.06. The number of carbonyl (C=O) groups is 1. The fourth-order valence-electron chi connectivity index (χ4n) is 1.88. The predicted octanol–water partition coefficient (Wildman–Crippen LogP) is 0.631. The number of methoxy groups -OCH3 is 2. The average Bonchev–Trinajstić information content (AvgIpc) is 2.77. The number of rotatable bonds is 4. The minimum Gasteiger partial charge on any atom is -0.494 e. The number of hydrogen-bond acceptors (Lipinski definition) is 5. The van der Waals surface area contributed by atoms with Crippen molar-refractivity contribution in [3.63, 3.8) is 0 Å². The minimum atomic E-state index is -0.486. The van der Waals surface area contributed by atoms with E-state index >= 15 is 0 Å². The maximum Gasteiger partial charge on any atom is 0.359 e. The number of nitrogens with zero attached hydrogens (tertiary/aromatic N) is 2. The first-order valence-electron chi connectivity index (χ1n) is 5.55. The van der Waals surface area contributed by atoms with Crippen LogP contribution in [0, 0.1) is 0 Å². The van der Waals surface area contributed by atoms with Gasteiger partial charge in [-0.1, -0.05) is 0 Å². The van der Waals surface area contributed by atoms with Crippen molar-refractivity contribution in [3.05, 3.63) is 29.8 Å². The van der Waals surface area contributed by atoms with Crippen LogP contribution in [-0.4, -0.2) is 36.1 Å². The molecule has 2 aromatic heterocycles. The van der Waals surface area contributed by atoms with Crippen LogP contribution in [0.15, 0.2) is 18.3 Å². The molecule has 0 unspecified atom stereocenters. The molecule has 0 atom stereocenters. The third-order valence-corrected chi connectivity index (χ3v) is 2.67. The Morgan fingerprint density at radius 3 is 2.89 bits per heavy atom. The van der Waals surface area contributed by atoms with Crippen molar-refractivity contribution in [1.82, 2.24) is 9.38 Å². The second-order valence-electron chi connectivity index (χ2n) is 3.70. The Labute approximate surface area is 104 Å². The van der Waals surface area contributed by atoms with Crippen LogP contribution in [0.5, 0.6) is 5.75 Å². The van der Waals surface area contributed by atoms with E-state index in [9.17, 15) is 4.79 Å². The summed E-state index contributed by atoms with van der Waals surface area (Å²) >= 11 is 0. The van der Waals surface area contributed by atoms with Crippen molar-refractivity contribution in [2.24, 2.45) is 5.73 Å². The molecule has 96 valence electrons. The van der Waals surface area contributed by atoms with Gasteiger partial charge in [-0.05, 0) is 18.7 Å². The molecule has 0 fully saturated rings. The third-order valence-electron chi connectivity index (χ3n) is 2.67. The molecule has 2 heterocycles. The van der Waals surface area contributed by atoms with Crippen LogP contribution in [0.1, 0.15) is 16.3 Å². The van der Waals surface area contributed by atoms with Crippen LogP contribution in [0.4, 0.5) is 0 Å². The van der Waals surface area contributed by atoms with Crippen LogP contribution in [0.25, 0.3) is 5.52 Å². The summed E-state index contributed by atoms with van der Waals surface area (Å²) in [6.45, 7) is 0.455. The van der Waals surface area contributed by atoms with E-state index in [1.54, 1.807) is 17.6 Å². The molecule has 0 aliphatic rings. The fraction of sp³-hybridized carbons (Fsp3) is 0.333. The topological polar surface area (TPSA) is 78.8 Å². The lowest BCUT2D eigenvalue weighted by atomic mass is 10.3. The van der Waals surface area contributed by atoms with Crippen LogP contribution in [-0.2, 0) is 11.2 Å². The van der Waals surface area contributed by atoms with E-state index < -0.39 is 5.97 Å². The van der Waals surface area contributed by atoms with Gasteiger partial charge in [0.1, 0.15) is 17.1 Å². The molecular weight excluding hydrogens is 234 g/mol. The van der Waals surface area contributed by atoms with Crippen LogP contribution >= 0.6 is 0 Å². The highest BCUT2D eigenvalue weighted by Gasteiger charge is 2.20. The molecule has 0 radical (unpaired) electrons. The summed E-state index contributed by atoms with van der Waals surface area (Å²) in [6.07, 6.45) is 2.40. The highest BCUT2D eigenvalue weighted by atomic mass is 16.5. The Kier molecular flexibility index (Phi) is 3.47. The maximum absolute atomic E-state index is 11.7. The van der Waals surface area contributed by atoms with Crippen molar-refractivity contribution in [1.29, 1.82) is 0 Å². The van der Waals surface area contributed by atoms with Crippen LogP contribution < -0.4 is 10.5 Å². The first-order valence-corrected chi connectivity index (χ1v) is 5.55. The molecule has 0 aromatic carbocycles. The van der Waals surface area contributed by atoms with E-state index in [0.717, 1.165) is 0 Å². The number of aromatic nitrogens is 2. The van der Waals surface area contributed by atoms with Crippen molar-refractivity contribution in [2.75, 3.05) is 20.8 Å². The zero-order valence-corrected chi connectivity index (χ0v) is 10.3. The Morgan fingerprint density at radius 1 is 1.50 bits per heavy atom. The fourth-order valence-corrected chi connectivity index (χ4v) is 1.88. The van der Waals surface area contributed by atoms with Gasteiger partial charge >= 0.3 is 5.97 Å². The monoisotopic (exact) mass is 249 g/mol. The zero-order valence-electron chi connectivity index (χ0n) is 10.3. The number of pyridine rings is 1. The molecule has 2 aromatic rings. The maximum atomic E-state index is 11.7. The molecule has 0 spiro atoms. The molecule has 0 saturated heterocycles. The molecule has 6 heteroatoms. The summed E-state index contributed by atoms with van der Waals surface area (Å²) < 4.78 is 11.8. The van der Waals surface area contributed by atoms with Crippen LogP contribution in [0.3, 0.4) is 0 Å². The standard InChI is InChI=1S/C12H15N3O3/c1-17-8-4-3-7-15-9(5-6-13)14-10(11(8)15)12(16)18-2/h3-4,7H,5-6,13H2,1-2H3. The van der Waals surface area contributed by atoms with Gasteiger partial charge in [0.25, 0.3) is 0 Å². The molecule has 0 bridgehead atoms. The van der Waals surface area contributed by atoms with Gasteiger partial charge in [-0.2, -0.15) is 0 Å². The Balaban J connectivity index is 2.72. The molecular formula is C12H15N3O3. The van der Waals surface area contributed by atoms with E-state index in [-0.39, 0.29) is 5.69 Å². The number of nitrogens with two attached hydrogens (primary N) is 1. The number of imidazole rings is 1. The first kappa shape index (κ1) is 12.4. The predicted molar refractivity (Wildman–Crippen MR) is 65.8 cm³/mol. The minimum absolute atomic E-state index is 0.249. The lowest BCUT2D eigenvalue weighted by Gasteiger charge is -2.04. The molecule has 2 N–H and O–H groups in total. The summed E-state index contributed by atoms with van der Waals surface area (Å²) in [5.74, 6) is 0.806. The summed E-state index contributed by atoms with van der Waals surface area (Å²) in [6, 6.07) is 3.60. The Morgan fingerprint density at radius 2 is 2.28 bits per heavy atom.